The number of hydrogen-bond donors (Lipinski definition) is 0. The molecule has 106 valence electrons. The first-order valence-electron chi connectivity index (χ1n) is 7.86. The summed E-state index contributed by atoms with van der Waals surface area (Å²) in [5, 5.41) is 0. The second-order valence-electron chi connectivity index (χ2n) is 7.79. The van der Waals surface area contributed by atoms with Crippen LogP contribution in [0.5, 0.6) is 0 Å². The quantitative estimate of drug-likeness (QED) is 0.529. The SMILES string of the molecule is CC1=CCC2C3=CCC(C)C(C)C3C(C)(C)C2C1F. The third kappa shape index (κ3) is 1.69. The second-order valence-corrected chi connectivity index (χ2v) is 7.79. The first-order valence-corrected chi connectivity index (χ1v) is 7.86. The fourth-order valence-corrected chi connectivity index (χ4v) is 5.29. The lowest BCUT2D eigenvalue weighted by Gasteiger charge is -2.42. The number of allylic oxidation sites excluding steroid dienone is 4. The molecule has 0 bridgehead atoms. The van der Waals surface area contributed by atoms with Gasteiger partial charge < -0.3 is 0 Å². The van der Waals surface area contributed by atoms with Crippen molar-refractivity contribution in [2.24, 2.45) is 35.0 Å². The molecule has 3 rings (SSSR count). The average molecular weight is 262 g/mol. The summed E-state index contributed by atoms with van der Waals surface area (Å²) in [5.74, 6) is 2.67. The number of halogens is 1. The van der Waals surface area contributed by atoms with Crippen LogP contribution in [-0.2, 0) is 0 Å². The van der Waals surface area contributed by atoms with E-state index in [1.807, 2.05) is 6.92 Å². The van der Waals surface area contributed by atoms with Gasteiger partial charge in [-0.1, -0.05) is 45.4 Å². The Kier molecular flexibility index (Phi) is 2.96. The van der Waals surface area contributed by atoms with Gasteiger partial charge in [-0.15, -0.1) is 0 Å². The van der Waals surface area contributed by atoms with Crippen molar-refractivity contribution in [3.63, 3.8) is 0 Å². The minimum absolute atomic E-state index is 0.0968. The molecular weight excluding hydrogens is 235 g/mol. The summed E-state index contributed by atoms with van der Waals surface area (Å²) in [6.45, 7) is 11.3. The third-order valence-electron chi connectivity index (χ3n) is 6.47. The molecule has 0 aromatic heterocycles. The van der Waals surface area contributed by atoms with Crippen LogP contribution < -0.4 is 0 Å². The topological polar surface area (TPSA) is 0 Å². The molecule has 0 saturated heterocycles. The number of rotatable bonds is 0. The molecule has 1 heteroatoms. The summed E-state index contributed by atoms with van der Waals surface area (Å²) >= 11 is 0. The van der Waals surface area contributed by atoms with Gasteiger partial charge in [0.15, 0.2) is 0 Å². The molecule has 0 radical (unpaired) electrons. The maximum absolute atomic E-state index is 14.8. The van der Waals surface area contributed by atoms with Crippen LogP contribution in [0, 0.1) is 35.0 Å². The lowest BCUT2D eigenvalue weighted by Crippen LogP contribution is -2.38. The van der Waals surface area contributed by atoms with E-state index in [0.717, 1.165) is 17.9 Å². The largest absolute Gasteiger partial charge is 0.242 e. The van der Waals surface area contributed by atoms with Crippen molar-refractivity contribution in [1.29, 1.82) is 0 Å². The summed E-state index contributed by atoms with van der Waals surface area (Å²) in [5.41, 5.74) is 2.65. The lowest BCUT2D eigenvalue weighted by atomic mass is 9.63. The zero-order valence-corrected chi connectivity index (χ0v) is 12.9. The molecule has 3 aliphatic rings. The Morgan fingerprint density at radius 1 is 1.16 bits per heavy atom. The van der Waals surface area contributed by atoms with Gasteiger partial charge in [-0.25, -0.2) is 4.39 Å². The molecule has 0 heterocycles. The predicted molar refractivity (Wildman–Crippen MR) is 78.5 cm³/mol. The fourth-order valence-electron chi connectivity index (χ4n) is 5.29. The van der Waals surface area contributed by atoms with E-state index in [4.69, 9.17) is 0 Å². The molecule has 0 aliphatic heterocycles. The van der Waals surface area contributed by atoms with E-state index in [0.29, 0.717) is 17.8 Å². The molecule has 3 aliphatic carbocycles. The Morgan fingerprint density at radius 2 is 1.84 bits per heavy atom. The summed E-state index contributed by atoms with van der Waals surface area (Å²) in [7, 11) is 0. The Hall–Kier alpha value is -0.590. The van der Waals surface area contributed by atoms with Crippen LogP contribution in [-0.4, -0.2) is 6.17 Å². The molecule has 0 aromatic carbocycles. The number of hydrogen-bond acceptors (Lipinski definition) is 0. The van der Waals surface area contributed by atoms with Gasteiger partial charge in [0.2, 0.25) is 0 Å². The molecule has 1 saturated carbocycles. The van der Waals surface area contributed by atoms with Crippen LogP contribution in [0.1, 0.15) is 47.5 Å². The summed E-state index contributed by atoms with van der Waals surface area (Å²) in [4.78, 5) is 0. The molecule has 0 aromatic rings. The van der Waals surface area contributed by atoms with Gasteiger partial charge >= 0.3 is 0 Å². The normalized spacial score (nSPS) is 48.1. The van der Waals surface area contributed by atoms with Crippen molar-refractivity contribution in [2.75, 3.05) is 0 Å². The molecule has 6 unspecified atom stereocenters. The Bertz CT molecular complexity index is 443. The van der Waals surface area contributed by atoms with Gasteiger partial charge in [0.1, 0.15) is 6.17 Å². The highest BCUT2D eigenvalue weighted by Crippen LogP contribution is 2.63. The van der Waals surface area contributed by atoms with Crippen LogP contribution in [0.2, 0.25) is 0 Å². The van der Waals surface area contributed by atoms with Crippen LogP contribution in [0.3, 0.4) is 0 Å². The maximum atomic E-state index is 14.8. The Morgan fingerprint density at radius 3 is 2.53 bits per heavy atom. The summed E-state index contributed by atoms with van der Waals surface area (Å²) < 4.78 is 14.8. The molecular formula is C18H27F. The average Bonchev–Trinajstić information content (AvgIpc) is 2.58. The Labute approximate surface area is 117 Å². The fraction of sp³-hybridized carbons (Fsp3) is 0.778. The van der Waals surface area contributed by atoms with Crippen molar-refractivity contribution in [3.8, 4) is 0 Å². The minimum atomic E-state index is -0.734. The van der Waals surface area contributed by atoms with Gasteiger partial charge in [-0.05, 0) is 54.4 Å². The molecule has 19 heavy (non-hydrogen) atoms. The van der Waals surface area contributed by atoms with E-state index in [1.165, 1.54) is 6.42 Å². The van der Waals surface area contributed by atoms with E-state index in [9.17, 15) is 4.39 Å². The van der Waals surface area contributed by atoms with Crippen molar-refractivity contribution >= 4 is 0 Å². The number of fused-ring (bicyclic) bond motifs is 3. The first-order chi connectivity index (χ1) is 8.85. The summed E-state index contributed by atoms with van der Waals surface area (Å²) in [6.07, 6.45) is 6.12. The van der Waals surface area contributed by atoms with Crippen LogP contribution in [0.15, 0.2) is 23.3 Å². The predicted octanol–water partition coefficient (Wildman–Crippen LogP) is 5.17. The first kappa shape index (κ1) is 13.4. The third-order valence-corrected chi connectivity index (χ3v) is 6.47. The van der Waals surface area contributed by atoms with Gasteiger partial charge in [0, 0.05) is 5.92 Å². The van der Waals surface area contributed by atoms with Crippen LogP contribution >= 0.6 is 0 Å². The van der Waals surface area contributed by atoms with Gasteiger partial charge in [-0.2, -0.15) is 0 Å². The van der Waals surface area contributed by atoms with Crippen LogP contribution in [0.25, 0.3) is 0 Å². The smallest absolute Gasteiger partial charge is 0.125 e. The second kappa shape index (κ2) is 4.20. The van der Waals surface area contributed by atoms with Crippen LogP contribution in [0.4, 0.5) is 4.39 Å². The highest BCUT2D eigenvalue weighted by atomic mass is 19.1. The minimum Gasteiger partial charge on any atom is -0.242 e. The monoisotopic (exact) mass is 262 g/mol. The van der Waals surface area contributed by atoms with Crippen molar-refractivity contribution in [3.05, 3.63) is 23.3 Å². The van der Waals surface area contributed by atoms with Crippen molar-refractivity contribution < 1.29 is 4.39 Å². The van der Waals surface area contributed by atoms with E-state index in [2.05, 4.69) is 39.8 Å². The molecule has 0 amide bonds. The van der Waals surface area contributed by atoms with E-state index >= 15 is 0 Å². The molecule has 0 spiro atoms. The van der Waals surface area contributed by atoms with Gasteiger partial charge in [0.25, 0.3) is 0 Å². The van der Waals surface area contributed by atoms with E-state index in [-0.39, 0.29) is 11.3 Å². The molecule has 0 N–H and O–H groups in total. The van der Waals surface area contributed by atoms with E-state index < -0.39 is 6.17 Å². The molecule has 0 nitrogen and oxygen atoms in total. The highest BCUT2D eigenvalue weighted by molar-refractivity contribution is 5.33. The number of alkyl halides is 1. The van der Waals surface area contributed by atoms with Crippen molar-refractivity contribution in [2.45, 2.75) is 53.6 Å². The Balaban J connectivity index is 2.07. The highest BCUT2D eigenvalue weighted by Gasteiger charge is 2.58. The van der Waals surface area contributed by atoms with Gasteiger partial charge in [0.05, 0.1) is 0 Å². The molecule has 1 fully saturated rings. The van der Waals surface area contributed by atoms with Crippen molar-refractivity contribution in [1.82, 2.24) is 0 Å². The zero-order valence-electron chi connectivity index (χ0n) is 12.9. The zero-order chi connectivity index (χ0) is 13.9. The van der Waals surface area contributed by atoms with E-state index in [1.54, 1.807) is 5.57 Å². The maximum Gasteiger partial charge on any atom is 0.125 e. The standard InChI is InChI=1S/C18H27F/c1-10-6-8-13-14-9-7-11(2)17(19)16(14)18(4,5)15(13)12(10)3/h7-8,10,12,14-17H,6,9H2,1-5H3. The lowest BCUT2D eigenvalue weighted by molar-refractivity contribution is 0.0614. The summed E-state index contributed by atoms with van der Waals surface area (Å²) in [6, 6.07) is 0. The van der Waals surface area contributed by atoms with Gasteiger partial charge in [-0.3, -0.25) is 0 Å². The molecule has 6 atom stereocenters.